The Morgan fingerprint density at radius 2 is 1.54 bits per heavy atom. The van der Waals surface area contributed by atoms with Crippen molar-refractivity contribution >= 4 is 28.4 Å². The van der Waals surface area contributed by atoms with Crippen LogP contribution in [0, 0.1) is 6.92 Å². The van der Waals surface area contributed by atoms with Crippen LogP contribution < -0.4 is 20.1 Å². The molecule has 35 heavy (non-hydrogen) atoms. The third-order valence-corrected chi connectivity index (χ3v) is 5.96. The first-order chi connectivity index (χ1) is 17.1. The van der Waals surface area contributed by atoms with Crippen LogP contribution in [0.15, 0.2) is 84.9 Å². The van der Waals surface area contributed by atoms with Gasteiger partial charge in [0.2, 0.25) is 6.79 Å². The van der Waals surface area contributed by atoms with Gasteiger partial charge in [-0.05, 0) is 53.9 Å². The Kier molecular flexibility index (Phi) is 5.07. The quantitative estimate of drug-likeness (QED) is 0.282. The number of carbonyl (C=O) groups excluding carboxylic acids is 1. The van der Waals surface area contributed by atoms with Crippen LogP contribution in [0.1, 0.15) is 5.56 Å². The third kappa shape index (κ3) is 4.15. The van der Waals surface area contributed by atoms with Crippen LogP contribution in [0.2, 0.25) is 0 Å². The van der Waals surface area contributed by atoms with E-state index in [4.69, 9.17) is 14.5 Å². The standard InChI is InChI=1S/C28H22N4O3/c1-17-4-2-7-23-26(17)32-27(31-23)19-10-8-18(9-11-19)20-5-3-6-21(14-20)29-28(33)30-22-12-13-24-25(15-22)35-16-34-24/h2-15H,16H2,1H3,(H,31,32)(H2,29,30,33). The van der Waals surface area contributed by atoms with Crippen molar-refractivity contribution in [1.82, 2.24) is 9.97 Å². The summed E-state index contributed by atoms with van der Waals surface area (Å²) in [6, 6.07) is 27.0. The summed E-state index contributed by atoms with van der Waals surface area (Å²) < 4.78 is 10.7. The number of anilines is 2. The van der Waals surface area contributed by atoms with Gasteiger partial charge in [-0.1, -0.05) is 48.5 Å². The molecule has 4 aromatic carbocycles. The number of aromatic amines is 1. The lowest BCUT2D eigenvalue weighted by atomic mass is 10.0. The van der Waals surface area contributed by atoms with Gasteiger partial charge in [-0.3, -0.25) is 0 Å². The van der Waals surface area contributed by atoms with E-state index in [1.807, 2.05) is 36.4 Å². The minimum Gasteiger partial charge on any atom is -0.454 e. The number of benzene rings is 4. The van der Waals surface area contributed by atoms with Crippen molar-refractivity contribution in [3.8, 4) is 34.0 Å². The summed E-state index contributed by atoms with van der Waals surface area (Å²) in [6.45, 7) is 2.25. The minimum absolute atomic E-state index is 0.191. The highest BCUT2D eigenvalue weighted by Gasteiger charge is 2.14. The van der Waals surface area contributed by atoms with Crippen LogP contribution in [0.5, 0.6) is 11.5 Å². The number of carbonyl (C=O) groups is 1. The summed E-state index contributed by atoms with van der Waals surface area (Å²) in [5.41, 5.74) is 7.54. The van der Waals surface area contributed by atoms with Gasteiger partial charge < -0.3 is 25.1 Å². The second-order valence-electron chi connectivity index (χ2n) is 8.36. The average molecular weight is 463 g/mol. The number of aromatic nitrogens is 2. The molecule has 0 saturated heterocycles. The van der Waals surface area contributed by atoms with Crippen LogP contribution in [-0.4, -0.2) is 22.8 Å². The van der Waals surface area contributed by atoms with Crippen molar-refractivity contribution in [2.75, 3.05) is 17.4 Å². The van der Waals surface area contributed by atoms with Crippen molar-refractivity contribution in [3.05, 3.63) is 90.5 Å². The molecule has 0 saturated carbocycles. The third-order valence-electron chi connectivity index (χ3n) is 5.96. The van der Waals surface area contributed by atoms with E-state index in [0.717, 1.165) is 39.1 Å². The fraction of sp³-hybridized carbons (Fsp3) is 0.0714. The molecule has 0 fully saturated rings. The summed E-state index contributed by atoms with van der Waals surface area (Å²) in [5.74, 6) is 2.13. The lowest BCUT2D eigenvalue weighted by Gasteiger charge is -2.10. The number of amides is 2. The number of nitrogens with one attached hydrogen (secondary N) is 3. The van der Waals surface area contributed by atoms with Gasteiger partial charge in [0.1, 0.15) is 5.82 Å². The lowest BCUT2D eigenvalue weighted by molar-refractivity contribution is 0.174. The van der Waals surface area contributed by atoms with Gasteiger partial charge in [0.15, 0.2) is 11.5 Å². The fourth-order valence-corrected chi connectivity index (χ4v) is 4.18. The number of ether oxygens (including phenoxy) is 2. The second-order valence-corrected chi connectivity index (χ2v) is 8.36. The molecule has 172 valence electrons. The molecule has 0 aliphatic carbocycles. The van der Waals surface area contributed by atoms with E-state index in [9.17, 15) is 4.79 Å². The monoisotopic (exact) mass is 462 g/mol. The second kappa shape index (κ2) is 8.53. The molecule has 1 aliphatic heterocycles. The number of imidazole rings is 1. The minimum atomic E-state index is -0.337. The number of urea groups is 1. The van der Waals surface area contributed by atoms with Crippen LogP contribution in [0.4, 0.5) is 16.2 Å². The van der Waals surface area contributed by atoms with Crippen molar-refractivity contribution in [2.24, 2.45) is 0 Å². The normalized spacial score (nSPS) is 12.0. The van der Waals surface area contributed by atoms with Crippen molar-refractivity contribution in [1.29, 1.82) is 0 Å². The van der Waals surface area contributed by atoms with Gasteiger partial charge in [-0.15, -0.1) is 0 Å². The van der Waals surface area contributed by atoms with E-state index < -0.39 is 0 Å². The average Bonchev–Trinajstić information content (AvgIpc) is 3.52. The summed E-state index contributed by atoms with van der Waals surface area (Å²) in [6.07, 6.45) is 0. The molecule has 6 rings (SSSR count). The molecule has 7 heteroatoms. The maximum Gasteiger partial charge on any atom is 0.323 e. The first kappa shape index (κ1) is 20.8. The fourth-order valence-electron chi connectivity index (χ4n) is 4.18. The van der Waals surface area contributed by atoms with Gasteiger partial charge >= 0.3 is 6.03 Å². The highest BCUT2D eigenvalue weighted by atomic mass is 16.7. The summed E-state index contributed by atoms with van der Waals surface area (Å²) in [5, 5.41) is 5.71. The Bertz CT molecular complexity index is 1560. The zero-order valence-electron chi connectivity index (χ0n) is 19.0. The van der Waals surface area contributed by atoms with Gasteiger partial charge in [0.25, 0.3) is 0 Å². The zero-order chi connectivity index (χ0) is 23.8. The molecule has 3 N–H and O–H groups in total. The number of aryl methyl sites for hydroxylation is 1. The summed E-state index contributed by atoms with van der Waals surface area (Å²) >= 11 is 0. The van der Waals surface area contributed by atoms with Crippen LogP contribution in [-0.2, 0) is 0 Å². The van der Waals surface area contributed by atoms with Crippen molar-refractivity contribution in [3.63, 3.8) is 0 Å². The molecule has 2 heterocycles. The lowest BCUT2D eigenvalue weighted by Crippen LogP contribution is -2.19. The number of para-hydroxylation sites is 1. The Morgan fingerprint density at radius 3 is 2.37 bits per heavy atom. The van der Waals surface area contributed by atoms with E-state index in [2.05, 4.69) is 52.9 Å². The molecule has 0 atom stereocenters. The molecular weight excluding hydrogens is 440 g/mol. The molecule has 1 aliphatic rings. The SMILES string of the molecule is Cc1cccc2[nH]c(-c3ccc(-c4cccc(NC(=O)Nc5ccc6c(c5)OCO6)c4)cc3)nc12. The molecule has 0 bridgehead atoms. The van der Waals surface area contributed by atoms with Gasteiger partial charge in [0.05, 0.1) is 11.0 Å². The Balaban J connectivity index is 1.17. The summed E-state index contributed by atoms with van der Waals surface area (Å²) in [4.78, 5) is 20.7. The predicted octanol–water partition coefficient (Wildman–Crippen LogP) is 6.58. The van der Waals surface area contributed by atoms with Gasteiger partial charge in [-0.25, -0.2) is 9.78 Å². The number of rotatable bonds is 4. The number of hydrogen-bond donors (Lipinski definition) is 3. The topological polar surface area (TPSA) is 88.3 Å². The first-order valence-corrected chi connectivity index (χ1v) is 11.3. The predicted molar refractivity (Wildman–Crippen MR) is 137 cm³/mol. The largest absolute Gasteiger partial charge is 0.454 e. The summed E-state index contributed by atoms with van der Waals surface area (Å²) in [7, 11) is 0. The Morgan fingerprint density at radius 1 is 0.800 bits per heavy atom. The highest BCUT2D eigenvalue weighted by Crippen LogP contribution is 2.34. The molecule has 2 amide bonds. The Labute approximate surface area is 201 Å². The smallest absolute Gasteiger partial charge is 0.323 e. The van der Waals surface area contributed by atoms with Crippen molar-refractivity contribution < 1.29 is 14.3 Å². The number of nitrogens with zero attached hydrogens (tertiary/aromatic N) is 1. The first-order valence-electron chi connectivity index (χ1n) is 11.3. The Hall–Kier alpha value is -4.78. The van der Waals surface area contributed by atoms with Crippen LogP contribution >= 0.6 is 0 Å². The molecule has 5 aromatic rings. The van der Waals surface area contributed by atoms with Gasteiger partial charge in [-0.2, -0.15) is 0 Å². The van der Waals surface area contributed by atoms with E-state index >= 15 is 0 Å². The van der Waals surface area contributed by atoms with E-state index in [-0.39, 0.29) is 12.8 Å². The van der Waals surface area contributed by atoms with Gasteiger partial charge in [0, 0.05) is 23.0 Å². The van der Waals surface area contributed by atoms with Crippen LogP contribution in [0.25, 0.3) is 33.5 Å². The van der Waals surface area contributed by atoms with E-state index in [0.29, 0.717) is 22.9 Å². The van der Waals surface area contributed by atoms with E-state index in [1.165, 1.54) is 0 Å². The van der Waals surface area contributed by atoms with Crippen LogP contribution in [0.3, 0.4) is 0 Å². The number of fused-ring (bicyclic) bond motifs is 2. The highest BCUT2D eigenvalue weighted by molar-refractivity contribution is 6.00. The molecule has 0 unspecified atom stereocenters. The van der Waals surface area contributed by atoms with E-state index in [1.54, 1.807) is 18.2 Å². The van der Waals surface area contributed by atoms with Crippen molar-refractivity contribution in [2.45, 2.75) is 6.92 Å². The maximum absolute atomic E-state index is 12.5. The number of H-pyrrole nitrogens is 1. The molecule has 0 spiro atoms. The number of hydrogen-bond acceptors (Lipinski definition) is 4. The zero-order valence-corrected chi connectivity index (χ0v) is 19.0. The molecule has 0 radical (unpaired) electrons. The molecular formula is C28H22N4O3. The maximum atomic E-state index is 12.5. The molecule has 1 aromatic heterocycles. The molecule has 7 nitrogen and oxygen atoms in total.